The number of nitrogens with one attached hydrogen (secondary N) is 1. The predicted molar refractivity (Wildman–Crippen MR) is 97.1 cm³/mol. The second-order valence-corrected chi connectivity index (χ2v) is 8.71. The Morgan fingerprint density at radius 2 is 1.76 bits per heavy atom. The van der Waals surface area contributed by atoms with E-state index in [1.54, 1.807) is 6.07 Å². The van der Waals surface area contributed by atoms with E-state index in [9.17, 15) is 18.0 Å². The fourth-order valence-electron chi connectivity index (χ4n) is 2.92. The van der Waals surface area contributed by atoms with Crippen LogP contribution in [0.2, 0.25) is 0 Å². The number of amides is 1. The minimum atomic E-state index is -3.16. The van der Waals surface area contributed by atoms with E-state index < -0.39 is 10.0 Å². The molecule has 0 aromatic heterocycles. The number of carbonyl (C=O) groups is 2. The molecule has 0 radical (unpaired) electrons. The highest BCUT2D eigenvalue weighted by Crippen LogP contribution is 2.15. The van der Waals surface area contributed by atoms with Crippen molar-refractivity contribution in [3.63, 3.8) is 0 Å². The van der Waals surface area contributed by atoms with Crippen LogP contribution in [0.3, 0.4) is 0 Å². The summed E-state index contributed by atoms with van der Waals surface area (Å²) in [6.45, 7) is 4.80. The molecule has 1 N–H and O–H groups in total. The van der Waals surface area contributed by atoms with Gasteiger partial charge >= 0.3 is 0 Å². The van der Waals surface area contributed by atoms with Crippen molar-refractivity contribution < 1.29 is 18.0 Å². The van der Waals surface area contributed by atoms with Crippen molar-refractivity contribution in [2.75, 3.05) is 19.3 Å². The van der Waals surface area contributed by atoms with Crippen LogP contribution in [0.4, 0.5) is 0 Å². The molecule has 2 rings (SSSR count). The highest BCUT2D eigenvalue weighted by atomic mass is 32.2. The van der Waals surface area contributed by atoms with E-state index in [1.807, 2.05) is 26.0 Å². The van der Waals surface area contributed by atoms with Gasteiger partial charge in [0.2, 0.25) is 15.9 Å². The van der Waals surface area contributed by atoms with Crippen molar-refractivity contribution in [1.29, 1.82) is 0 Å². The van der Waals surface area contributed by atoms with Crippen LogP contribution in [0.15, 0.2) is 18.2 Å². The summed E-state index contributed by atoms with van der Waals surface area (Å²) in [7, 11) is -3.16. The monoisotopic (exact) mass is 366 g/mol. The molecule has 1 aromatic carbocycles. The van der Waals surface area contributed by atoms with Gasteiger partial charge in [0, 0.05) is 37.5 Å². The lowest BCUT2D eigenvalue weighted by Crippen LogP contribution is -2.46. The van der Waals surface area contributed by atoms with Gasteiger partial charge < -0.3 is 5.32 Å². The van der Waals surface area contributed by atoms with Gasteiger partial charge in [-0.1, -0.05) is 12.1 Å². The van der Waals surface area contributed by atoms with Crippen molar-refractivity contribution >= 4 is 21.7 Å². The molecule has 0 spiro atoms. The maximum atomic E-state index is 12.2. The molecule has 0 aliphatic carbocycles. The predicted octanol–water partition coefficient (Wildman–Crippen LogP) is 1.81. The Bertz CT molecular complexity index is 750. The molecule has 0 saturated carbocycles. The zero-order valence-electron chi connectivity index (χ0n) is 15.0. The fraction of sp³-hybridized carbons (Fsp3) is 0.556. The first-order chi connectivity index (χ1) is 11.7. The maximum Gasteiger partial charge on any atom is 0.220 e. The van der Waals surface area contributed by atoms with E-state index in [1.165, 1.54) is 10.6 Å². The van der Waals surface area contributed by atoms with Crippen LogP contribution < -0.4 is 5.32 Å². The summed E-state index contributed by atoms with van der Waals surface area (Å²) in [5.74, 6) is -0.194. The normalized spacial score (nSPS) is 16.6. The topological polar surface area (TPSA) is 83.6 Å². The molecular weight excluding hydrogens is 340 g/mol. The molecule has 138 valence electrons. The van der Waals surface area contributed by atoms with Crippen molar-refractivity contribution in [2.24, 2.45) is 0 Å². The summed E-state index contributed by atoms with van der Waals surface area (Å²) in [5, 5.41) is 2.91. The summed E-state index contributed by atoms with van der Waals surface area (Å²) < 4.78 is 24.4. The third-order valence-corrected chi connectivity index (χ3v) is 6.00. The number of Topliss-reactive ketones (excluding diaryl/α,β-unsaturated/α-hetero) is 1. The number of nitrogens with zero attached hydrogens (tertiary/aromatic N) is 1. The molecule has 0 unspecified atom stereocenters. The van der Waals surface area contributed by atoms with Crippen LogP contribution >= 0.6 is 0 Å². The zero-order chi connectivity index (χ0) is 18.6. The van der Waals surface area contributed by atoms with Gasteiger partial charge in [0.15, 0.2) is 5.78 Å². The van der Waals surface area contributed by atoms with E-state index in [0.29, 0.717) is 31.5 Å². The average molecular weight is 366 g/mol. The van der Waals surface area contributed by atoms with Crippen LogP contribution in [-0.2, 0) is 14.8 Å². The Kier molecular flexibility index (Phi) is 6.35. The van der Waals surface area contributed by atoms with Crippen molar-refractivity contribution in [2.45, 2.75) is 45.6 Å². The lowest BCUT2D eigenvalue weighted by molar-refractivity contribution is -0.122. The Balaban J connectivity index is 1.77. The number of ketones is 1. The van der Waals surface area contributed by atoms with E-state index in [0.717, 1.165) is 11.1 Å². The molecule has 1 aliphatic heterocycles. The first kappa shape index (κ1) is 19.6. The lowest BCUT2D eigenvalue weighted by Gasteiger charge is -2.30. The Morgan fingerprint density at radius 1 is 1.12 bits per heavy atom. The number of rotatable bonds is 6. The van der Waals surface area contributed by atoms with Gasteiger partial charge in [-0.15, -0.1) is 0 Å². The SMILES string of the molecule is Cc1ccc(C(=O)CCC(=O)NC2CCN(S(C)(=O)=O)CC2)cc1C. The molecule has 1 aliphatic rings. The van der Waals surface area contributed by atoms with Crippen LogP contribution in [0, 0.1) is 13.8 Å². The van der Waals surface area contributed by atoms with Crippen molar-refractivity contribution in [3.8, 4) is 0 Å². The number of hydrogen-bond acceptors (Lipinski definition) is 4. The number of sulfonamides is 1. The fourth-order valence-corrected chi connectivity index (χ4v) is 3.79. The second-order valence-electron chi connectivity index (χ2n) is 6.73. The molecule has 1 fully saturated rings. The number of hydrogen-bond donors (Lipinski definition) is 1. The van der Waals surface area contributed by atoms with E-state index in [-0.39, 0.29) is 30.6 Å². The van der Waals surface area contributed by atoms with Gasteiger partial charge in [-0.2, -0.15) is 0 Å². The summed E-state index contributed by atoms with van der Waals surface area (Å²) in [6.07, 6.45) is 2.73. The zero-order valence-corrected chi connectivity index (χ0v) is 15.9. The van der Waals surface area contributed by atoms with Gasteiger partial charge in [-0.3, -0.25) is 9.59 Å². The standard InChI is InChI=1S/C18H26N2O4S/c1-13-4-5-15(12-14(13)2)17(21)6-7-18(22)19-16-8-10-20(11-9-16)25(3,23)24/h4-5,12,16H,6-11H2,1-3H3,(H,19,22). The molecule has 6 nitrogen and oxygen atoms in total. The highest BCUT2D eigenvalue weighted by Gasteiger charge is 2.25. The maximum absolute atomic E-state index is 12.2. The molecule has 1 heterocycles. The van der Waals surface area contributed by atoms with Crippen LogP contribution in [0.5, 0.6) is 0 Å². The quantitative estimate of drug-likeness (QED) is 0.778. The molecule has 1 saturated heterocycles. The molecular formula is C18H26N2O4S. The number of carbonyl (C=O) groups excluding carboxylic acids is 2. The molecule has 1 aromatic rings. The highest BCUT2D eigenvalue weighted by molar-refractivity contribution is 7.88. The minimum absolute atomic E-state index is 0.0257. The van der Waals surface area contributed by atoms with Gasteiger partial charge in [0.1, 0.15) is 0 Å². The Hall–Kier alpha value is -1.73. The largest absolute Gasteiger partial charge is 0.353 e. The smallest absolute Gasteiger partial charge is 0.220 e. The third kappa shape index (κ3) is 5.64. The van der Waals surface area contributed by atoms with E-state index >= 15 is 0 Å². The second kappa shape index (κ2) is 8.10. The summed E-state index contributed by atoms with van der Waals surface area (Å²) in [4.78, 5) is 24.3. The van der Waals surface area contributed by atoms with Crippen LogP contribution in [-0.4, -0.2) is 49.8 Å². The van der Waals surface area contributed by atoms with Gasteiger partial charge in [0.05, 0.1) is 6.26 Å². The Morgan fingerprint density at radius 3 is 2.32 bits per heavy atom. The van der Waals surface area contributed by atoms with E-state index in [2.05, 4.69) is 5.32 Å². The molecule has 0 atom stereocenters. The van der Waals surface area contributed by atoms with Gasteiger partial charge in [-0.05, 0) is 43.9 Å². The van der Waals surface area contributed by atoms with Crippen LogP contribution in [0.1, 0.15) is 47.2 Å². The first-order valence-electron chi connectivity index (χ1n) is 8.52. The number of aryl methyl sites for hydroxylation is 2. The molecule has 1 amide bonds. The summed E-state index contributed by atoms with van der Waals surface area (Å²) in [6, 6.07) is 5.54. The third-order valence-electron chi connectivity index (χ3n) is 4.70. The molecule has 0 bridgehead atoms. The van der Waals surface area contributed by atoms with Crippen molar-refractivity contribution in [1.82, 2.24) is 9.62 Å². The van der Waals surface area contributed by atoms with Gasteiger partial charge in [0.25, 0.3) is 0 Å². The average Bonchev–Trinajstić information content (AvgIpc) is 2.55. The van der Waals surface area contributed by atoms with Crippen molar-refractivity contribution in [3.05, 3.63) is 34.9 Å². The van der Waals surface area contributed by atoms with Crippen LogP contribution in [0.25, 0.3) is 0 Å². The number of piperidine rings is 1. The van der Waals surface area contributed by atoms with E-state index in [4.69, 9.17) is 0 Å². The molecule has 7 heteroatoms. The first-order valence-corrected chi connectivity index (χ1v) is 10.4. The molecule has 25 heavy (non-hydrogen) atoms. The minimum Gasteiger partial charge on any atom is -0.353 e. The van der Waals surface area contributed by atoms with Gasteiger partial charge in [-0.25, -0.2) is 12.7 Å². The number of benzene rings is 1. The Labute approximate surface area is 149 Å². The summed E-state index contributed by atoms with van der Waals surface area (Å²) >= 11 is 0. The lowest BCUT2D eigenvalue weighted by atomic mass is 10.0. The summed E-state index contributed by atoms with van der Waals surface area (Å²) in [5.41, 5.74) is 2.83.